The van der Waals surface area contributed by atoms with Crippen LogP contribution < -0.4 is 5.32 Å². The SMILES string of the molecule is O=C(C=Cc1c(Cl)nc2sccn12)Nc1nnc(C2CC2)s1. The van der Waals surface area contributed by atoms with E-state index in [9.17, 15) is 4.79 Å². The molecule has 1 aliphatic rings. The Bertz CT molecular complexity index is 876. The number of amides is 1. The lowest BCUT2D eigenvalue weighted by molar-refractivity contribution is -0.111. The first-order chi connectivity index (χ1) is 10.7. The summed E-state index contributed by atoms with van der Waals surface area (Å²) in [6, 6.07) is 0. The number of hydrogen-bond acceptors (Lipinski definition) is 6. The molecule has 22 heavy (non-hydrogen) atoms. The molecule has 0 unspecified atom stereocenters. The number of fused-ring (bicyclic) bond motifs is 1. The monoisotopic (exact) mass is 351 g/mol. The predicted molar refractivity (Wildman–Crippen MR) is 87.6 cm³/mol. The van der Waals surface area contributed by atoms with Gasteiger partial charge in [-0.05, 0) is 18.9 Å². The molecular weight excluding hydrogens is 342 g/mol. The van der Waals surface area contributed by atoms with Crippen LogP contribution in [0.2, 0.25) is 5.15 Å². The zero-order chi connectivity index (χ0) is 15.1. The van der Waals surface area contributed by atoms with E-state index in [1.807, 2.05) is 16.0 Å². The Kier molecular flexibility index (Phi) is 3.44. The van der Waals surface area contributed by atoms with E-state index in [1.165, 1.54) is 41.6 Å². The van der Waals surface area contributed by atoms with Crippen molar-refractivity contribution in [3.8, 4) is 0 Å². The molecule has 3 heterocycles. The van der Waals surface area contributed by atoms with Crippen LogP contribution in [0.1, 0.15) is 29.5 Å². The number of carbonyl (C=O) groups is 1. The van der Waals surface area contributed by atoms with Gasteiger partial charge in [0.05, 0.1) is 5.69 Å². The van der Waals surface area contributed by atoms with Crippen LogP contribution in [0.3, 0.4) is 0 Å². The van der Waals surface area contributed by atoms with Gasteiger partial charge < -0.3 is 0 Å². The van der Waals surface area contributed by atoms with Gasteiger partial charge in [-0.15, -0.1) is 21.5 Å². The number of imidazole rings is 1. The van der Waals surface area contributed by atoms with E-state index in [4.69, 9.17) is 11.6 Å². The Morgan fingerprint density at radius 2 is 2.32 bits per heavy atom. The number of halogens is 1. The van der Waals surface area contributed by atoms with Crippen molar-refractivity contribution < 1.29 is 4.79 Å². The highest BCUT2D eigenvalue weighted by Gasteiger charge is 2.27. The fraction of sp³-hybridized carbons (Fsp3) is 0.231. The number of nitrogens with zero attached hydrogens (tertiary/aromatic N) is 4. The van der Waals surface area contributed by atoms with Gasteiger partial charge in [-0.25, -0.2) is 4.98 Å². The number of anilines is 1. The number of hydrogen-bond donors (Lipinski definition) is 1. The Balaban J connectivity index is 1.48. The minimum Gasteiger partial charge on any atom is -0.297 e. The fourth-order valence-electron chi connectivity index (χ4n) is 2.01. The van der Waals surface area contributed by atoms with Crippen LogP contribution in [0.15, 0.2) is 17.7 Å². The van der Waals surface area contributed by atoms with Gasteiger partial charge in [0.25, 0.3) is 0 Å². The molecule has 0 aromatic carbocycles. The van der Waals surface area contributed by atoms with Crippen LogP contribution in [-0.4, -0.2) is 25.5 Å². The minimum absolute atomic E-state index is 0.264. The molecule has 4 rings (SSSR count). The third-order valence-electron chi connectivity index (χ3n) is 3.24. The van der Waals surface area contributed by atoms with E-state index >= 15 is 0 Å². The molecule has 1 aliphatic carbocycles. The summed E-state index contributed by atoms with van der Waals surface area (Å²) in [5.74, 6) is 0.274. The van der Waals surface area contributed by atoms with Gasteiger partial charge in [0.15, 0.2) is 10.1 Å². The van der Waals surface area contributed by atoms with Crippen LogP contribution in [0, 0.1) is 0 Å². The van der Waals surface area contributed by atoms with Crippen molar-refractivity contribution in [1.82, 2.24) is 19.6 Å². The van der Waals surface area contributed by atoms with Crippen LogP contribution in [0.25, 0.3) is 11.0 Å². The van der Waals surface area contributed by atoms with Gasteiger partial charge in [0, 0.05) is 23.6 Å². The molecule has 0 radical (unpaired) electrons. The molecule has 6 nitrogen and oxygen atoms in total. The molecule has 0 bridgehead atoms. The van der Waals surface area contributed by atoms with Gasteiger partial charge in [0.2, 0.25) is 11.0 Å². The summed E-state index contributed by atoms with van der Waals surface area (Å²) >= 11 is 8.99. The quantitative estimate of drug-likeness (QED) is 0.731. The van der Waals surface area contributed by atoms with E-state index in [0.717, 1.165) is 9.97 Å². The van der Waals surface area contributed by atoms with Crippen LogP contribution in [0.4, 0.5) is 5.13 Å². The smallest absolute Gasteiger partial charge is 0.250 e. The van der Waals surface area contributed by atoms with Crippen LogP contribution in [-0.2, 0) is 4.79 Å². The highest BCUT2D eigenvalue weighted by Crippen LogP contribution is 2.42. The second-order valence-electron chi connectivity index (χ2n) is 4.89. The summed E-state index contributed by atoms with van der Waals surface area (Å²) in [4.78, 5) is 17.0. The molecule has 0 saturated heterocycles. The molecular formula is C13H10ClN5OS2. The molecule has 0 atom stereocenters. The molecule has 1 fully saturated rings. The minimum atomic E-state index is -0.264. The number of thiazole rings is 1. The first-order valence-electron chi connectivity index (χ1n) is 6.64. The molecule has 0 aliphatic heterocycles. The van der Waals surface area contributed by atoms with Gasteiger partial charge >= 0.3 is 0 Å². The summed E-state index contributed by atoms with van der Waals surface area (Å²) in [6.07, 6.45) is 7.26. The molecule has 3 aromatic rings. The predicted octanol–water partition coefficient (Wildman–Crippen LogP) is 3.43. The summed E-state index contributed by atoms with van der Waals surface area (Å²) in [6.45, 7) is 0. The summed E-state index contributed by atoms with van der Waals surface area (Å²) < 4.78 is 1.84. The van der Waals surface area contributed by atoms with E-state index < -0.39 is 0 Å². The molecule has 0 spiro atoms. The first-order valence-corrected chi connectivity index (χ1v) is 8.71. The number of nitrogens with one attached hydrogen (secondary N) is 1. The third kappa shape index (κ3) is 2.65. The summed E-state index contributed by atoms with van der Waals surface area (Å²) in [7, 11) is 0. The lowest BCUT2D eigenvalue weighted by Gasteiger charge is -1.95. The van der Waals surface area contributed by atoms with Gasteiger partial charge in [-0.3, -0.25) is 14.5 Å². The fourth-order valence-corrected chi connectivity index (χ4v) is 3.93. The lowest BCUT2D eigenvalue weighted by Crippen LogP contribution is -2.07. The molecule has 3 aromatic heterocycles. The largest absolute Gasteiger partial charge is 0.297 e. The highest BCUT2D eigenvalue weighted by atomic mass is 35.5. The Morgan fingerprint density at radius 3 is 3.14 bits per heavy atom. The Labute approximate surface area is 138 Å². The number of aromatic nitrogens is 4. The second-order valence-corrected chi connectivity index (χ2v) is 7.13. The summed E-state index contributed by atoms with van der Waals surface area (Å²) in [5.41, 5.74) is 0.684. The first kappa shape index (κ1) is 13.9. The van der Waals surface area contributed by atoms with Crippen molar-refractivity contribution in [2.45, 2.75) is 18.8 Å². The van der Waals surface area contributed by atoms with E-state index in [2.05, 4.69) is 20.5 Å². The molecule has 9 heteroatoms. The van der Waals surface area contributed by atoms with Crippen molar-refractivity contribution in [2.24, 2.45) is 0 Å². The third-order valence-corrected chi connectivity index (χ3v) is 5.28. The second kappa shape index (κ2) is 5.45. The topological polar surface area (TPSA) is 72.2 Å². The standard InChI is InChI=1S/C13H10ClN5OS2/c14-10-8(19-5-6-21-13(19)16-10)3-4-9(20)15-12-18-17-11(22-12)7-1-2-7/h3-7H,1-2H2,(H,15,18,20). The number of carbonyl (C=O) groups excluding carboxylic acids is 1. The van der Waals surface area contributed by atoms with Crippen molar-refractivity contribution in [2.75, 3.05) is 5.32 Å². The Hall–Kier alpha value is -1.77. The Morgan fingerprint density at radius 1 is 1.45 bits per heavy atom. The maximum atomic E-state index is 12.0. The average Bonchev–Trinajstić information content (AvgIpc) is 2.93. The maximum absolute atomic E-state index is 12.0. The van der Waals surface area contributed by atoms with Crippen LogP contribution >= 0.6 is 34.3 Å². The highest BCUT2D eigenvalue weighted by molar-refractivity contribution is 7.15. The molecule has 112 valence electrons. The van der Waals surface area contributed by atoms with Crippen molar-refractivity contribution in [1.29, 1.82) is 0 Å². The maximum Gasteiger partial charge on any atom is 0.250 e. The van der Waals surface area contributed by atoms with Gasteiger partial charge in [-0.2, -0.15) is 0 Å². The van der Waals surface area contributed by atoms with E-state index in [1.54, 1.807) is 6.08 Å². The summed E-state index contributed by atoms with van der Waals surface area (Å²) in [5, 5.41) is 14.6. The number of rotatable bonds is 4. The van der Waals surface area contributed by atoms with E-state index in [-0.39, 0.29) is 5.91 Å². The molecule has 1 amide bonds. The zero-order valence-corrected chi connectivity index (χ0v) is 13.6. The van der Waals surface area contributed by atoms with Crippen LogP contribution in [0.5, 0.6) is 0 Å². The van der Waals surface area contributed by atoms with Crippen molar-refractivity contribution in [3.05, 3.63) is 33.5 Å². The molecule has 1 saturated carbocycles. The van der Waals surface area contributed by atoms with E-state index in [0.29, 0.717) is 21.9 Å². The lowest BCUT2D eigenvalue weighted by atomic mass is 10.4. The van der Waals surface area contributed by atoms with Gasteiger partial charge in [-0.1, -0.05) is 22.9 Å². The zero-order valence-electron chi connectivity index (χ0n) is 11.2. The normalized spacial score (nSPS) is 15.0. The van der Waals surface area contributed by atoms with Crippen molar-refractivity contribution in [3.63, 3.8) is 0 Å². The average molecular weight is 352 g/mol. The van der Waals surface area contributed by atoms with Gasteiger partial charge in [0.1, 0.15) is 5.01 Å². The molecule has 1 N–H and O–H groups in total. The van der Waals surface area contributed by atoms with Crippen molar-refractivity contribution >= 4 is 56.4 Å².